The van der Waals surface area contributed by atoms with E-state index in [-0.39, 0.29) is 23.9 Å². The van der Waals surface area contributed by atoms with Gasteiger partial charge in [0.2, 0.25) is 5.78 Å². The number of rotatable bonds is 6. The molecule has 4 rings (SSSR count). The molecule has 7 nitrogen and oxygen atoms in total. The average Bonchev–Trinajstić information content (AvgIpc) is 3.08. The van der Waals surface area contributed by atoms with Crippen LogP contribution in [-0.2, 0) is 6.54 Å². The molecule has 2 aromatic carbocycles. The SMILES string of the molecule is COc1ccc(/C=C2\Oc3c(ccc([O-])c3C[NH+]3CCN(CCO)CC3)C2=O)cc1. The van der Waals surface area contributed by atoms with Gasteiger partial charge in [-0.1, -0.05) is 23.9 Å². The van der Waals surface area contributed by atoms with Gasteiger partial charge < -0.3 is 24.6 Å². The Labute approximate surface area is 175 Å². The molecule has 0 unspecified atom stereocenters. The number of fused-ring (bicyclic) bond motifs is 1. The lowest BCUT2D eigenvalue weighted by Crippen LogP contribution is -3.13. The van der Waals surface area contributed by atoms with Gasteiger partial charge in [0.15, 0.2) is 5.76 Å². The van der Waals surface area contributed by atoms with Crippen LogP contribution in [0.5, 0.6) is 17.2 Å². The van der Waals surface area contributed by atoms with Crippen molar-refractivity contribution in [3.63, 3.8) is 0 Å². The van der Waals surface area contributed by atoms with Crippen LogP contribution in [0.1, 0.15) is 21.5 Å². The van der Waals surface area contributed by atoms with E-state index in [1.54, 1.807) is 19.3 Å². The minimum atomic E-state index is -0.204. The molecule has 2 aromatic rings. The summed E-state index contributed by atoms with van der Waals surface area (Å²) in [6, 6.07) is 10.4. The summed E-state index contributed by atoms with van der Waals surface area (Å²) in [6.45, 7) is 4.88. The summed E-state index contributed by atoms with van der Waals surface area (Å²) in [5, 5.41) is 21.7. The molecular formula is C23H26N2O5. The summed E-state index contributed by atoms with van der Waals surface area (Å²) in [7, 11) is 1.60. The molecule has 0 atom stereocenters. The number of ketones is 1. The molecule has 1 saturated heterocycles. The second-order valence-corrected chi connectivity index (χ2v) is 7.62. The normalized spacial score (nSPS) is 18.5. The molecule has 2 aliphatic heterocycles. The van der Waals surface area contributed by atoms with Crippen LogP contribution in [0.2, 0.25) is 0 Å². The molecule has 7 heteroatoms. The Morgan fingerprint density at radius 2 is 1.93 bits per heavy atom. The standard InChI is InChI=1S/C23H26N2O5/c1-29-17-4-2-16(3-5-17)14-21-22(28)18-6-7-20(27)19(23(18)30-21)15-25-10-8-24(9-11-25)12-13-26/h2-7,14,26-27H,8-13,15H2,1H3/b21-14-. The maximum Gasteiger partial charge on any atom is 0.231 e. The zero-order chi connectivity index (χ0) is 21.1. The minimum Gasteiger partial charge on any atom is -0.872 e. The van der Waals surface area contributed by atoms with Crippen LogP contribution in [0.3, 0.4) is 0 Å². The number of aliphatic hydroxyl groups is 1. The quantitative estimate of drug-likeness (QED) is 0.656. The van der Waals surface area contributed by atoms with Crippen LogP contribution < -0.4 is 19.5 Å². The number of carbonyl (C=O) groups excluding carboxylic acids is 1. The molecule has 0 aliphatic carbocycles. The summed E-state index contributed by atoms with van der Waals surface area (Å²) in [4.78, 5) is 16.3. The van der Waals surface area contributed by atoms with Crippen molar-refractivity contribution < 1.29 is 29.4 Å². The molecule has 0 radical (unpaired) electrons. The first-order valence-electron chi connectivity index (χ1n) is 10.2. The van der Waals surface area contributed by atoms with Gasteiger partial charge in [-0.2, -0.15) is 0 Å². The second-order valence-electron chi connectivity index (χ2n) is 7.62. The van der Waals surface area contributed by atoms with Crippen LogP contribution in [0.4, 0.5) is 0 Å². The summed E-state index contributed by atoms with van der Waals surface area (Å²) in [5.41, 5.74) is 1.83. The van der Waals surface area contributed by atoms with E-state index in [1.807, 2.05) is 24.3 Å². The zero-order valence-corrected chi connectivity index (χ0v) is 17.0. The molecule has 0 amide bonds. The van der Waals surface area contributed by atoms with Crippen molar-refractivity contribution in [1.29, 1.82) is 0 Å². The van der Waals surface area contributed by atoms with Crippen molar-refractivity contribution >= 4 is 11.9 Å². The number of ether oxygens (including phenoxy) is 2. The third-order valence-corrected chi connectivity index (χ3v) is 5.72. The number of methoxy groups -OCH3 is 1. The van der Waals surface area contributed by atoms with Crippen LogP contribution in [0, 0.1) is 0 Å². The molecule has 0 bridgehead atoms. The van der Waals surface area contributed by atoms with Crippen molar-refractivity contribution in [3.05, 3.63) is 58.8 Å². The molecule has 30 heavy (non-hydrogen) atoms. The van der Waals surface area contributed by atoms with Crippen molar-refractivity contribution in [1.82, 2.24) is 4.90 Å². The highest BCUT2D eigenvalue weighted by Gasteiger charge is 2.31. The maximum atomic E-state index is 12.8. The van der Waals surface area contributed by atoms with Crippen molar-refractivity contribution in [2.24, 2.45) is 0 Å². The van der Waals surface area contributed by atoms with Gasteiger partial charge in [0, 0.05) is 25.2 Å². The molecule has 0 saturated carbocycles. The van der Waals surface area contributed by atoms with Gasteiger partial charge in [0.05, 0.1) is 32.4 Å². The zero-order valence-electron chi connectivity index (χ0n) is 17.0. The highest BCUT2D eigenvalue weighted by atomic mass is 16.5. The largest absolute Gasteiger partial charge is 0.872 e. The topological polar surface area (TPSA) is 86.5 Å². The van der Waals surface area contributed by atoms with Gasteiger partial charge in [0.25, 0.3) is 0 Å². The number of nitrogens with zero attached hydrogens (tertiary/aromatic N) is 1. The molecule has 1 fully saturated rings. The van der Waals surface area contributed by atoms with Gasteiger partial charge in [-0.3, -0.25) is 9.69 Å². The molecule has 2 aliphatic rings. The monoisotopic (exact) mass is 410 g/mol. The maximum absolute atomic E-state index is 12.8. The van der Waals surface area contributed by atoms with Gasteiger partial charge in [-0.25, -0.2) is 0 Å². The number of benzene rings is 2. The van der Waals surface area contributed by atoms with Crippen LogP contribution in [0.25, 0.3) is 6.08 Å². The Morgan fingerprint density at radius 3 is 2.60 bits per heavy atom. The fourth-order valence-electron chi connectivity index (χ4n) is 3.97. The number of hydrogen-bond acceptors (Lipinski definition) is 6. The first-order chi connectivity index (χ1) is 14.6. The molecule has 158 valence electrons. The van der Waals surface area contributed by atoms with Crippen molar-refractivity contribution in [3.8, 4) is 17.2 Å². The first kappa shape index (κ1) is 20.4. The van der Waals surface area contributed by atoms with E-state index in [4.69, 9.17) is 14.6 Å². The van der Waals surface area contributed by atoms with Crippen molar-refractivity contribution in [2.75, 3.05) is 46.4 Å². The van der Waals surface area contributed by atoms with Crippen molar-refractivity contribution in [2.45, 2.75) is 6.54 Å². The number of nitrogens with one attached hydrogen (secondary N) is 1. The highest BCUT2D eigenvalue weighted by molar-refractivity contribution is 6.14. The van der Waals surface area contributed by atoms with Gasteiger partial charge in [-0.15, -0.1) is 0 Å². The number of carbonyl (C=O) groups is 1. The van der Waals surface area contributed by atoms with E-state index in [0.29, 0.717) is 30.0 Å². The lowest BCUT2D eigenvalue weighted by atomic mass is 10.0. The van der Waals surface area contributed by atoms with E-state index in [1.165, 1.54) is 11.0 Å². The first-order valence-corrected chi connectivity index (χ1v) is 10.2. The fourth-order valence-corrected chi connectivity index (χ4v) is 3.97. The smallest absolute Gasteiger partial charge is 0.231 e. The van der Waals surface area contributed by atoms with Gasteiger partial charge in [0.1, 0.15) is 18.0 Å². The molecule has 2 N–H and O–H groups in total. The molecule has 0 spiro atoms. The average molecular weight is 410 g/mol. The highest BCUT2D eigenvalue weighted by Crippen LogP contribution is 2.38. The Hall–Kier alpha value is -2.87. The van der Waals surface area contributed by atoms with Crippen LogP contribution >= 0.6 is 0 Å². The van der Waals surface area contributed by atoms with Crippen LogP contribution in [0.15, 0.2) is 42.2 Å². The molecular weight excluding hydrogens is 384 g/mol. The Bertz CT molecular complexity index is 947. The number of quaternary nitrogens is 1. The van der Waals surface area contributed by atoms with Crippen LogP contribution in [-0.4, -0.2) is 62.2 Å². The lowest BCUT2D eigenvalue weighted by molar-refractivity contribution is -0.918. The summed E-state index contributed by atoms with van der Waals surface area (Å²) < 4.78 is 11.1. The lowest BCUT2D eigenvalue weighted by Gasteiger charge is -2.32. The Balaban J connectivity index is 1.53. The van der Waals surface area contributed by atoms with E-state index in [2.05, 4.69) is 4.90 Å². The number of piperazine rings is 1. The summed E-state index contributed by atoms with van der Waals surface area (Å²) in [6.07, 6.45) is 1.69. The number of allylic oxidation sites excluding steroid dienone is 1. The minimum absolute atomic E-state index is 0.0995. The predicted octanol–water partition coefficient (Wildman–Crippen LogP) is 0.0778. The second kappa shape index (κ2) is 8.87. The fraction of sp³-hybridized carbons (Fsp3) is 0.348. The number of β-amino-alcohol motifs (C(OH)–C–C–N with tert-alkyl or cyclic N) is 1. The third kappa shape index (κ3) is 4.18. The Morgan fingerprint density at radius 1 is 1.20 bits per heavy atom. The molecule has 2 heterocycles. The number of Topliss-reactive ketones (excluding diaryl/α,β-unsaturated/α-hetero) is 1. The Kier molecular flexibility index (Phi) is 6.03. The summed E-state index contributed by atoms with van der Waals surface area (Å²) in [5.74, 6) is 1.06. The summed E-state index contributed by atoms with van der Waals surface area (Å²) >= 11 is 0. The number of aliphatic hydroxyl groups excluding tert-OH is 1. The van der Waals surface area contributed by atoms with E-state index >= 15 is 0 Å². The van der Waals surface area contributed by atoms with Gasteiger partial charge >= 0.3 is 0 Å². The van der Waals surface area contributed by atoms with E-state index in [9.17, 15) is 9.90 Å². The third-order valence-electron chi connectivity index (χ3n) is 5.72. The number of hydrogen-bond donors (Lipinski definition) is 2. The predicted molar refractivity (Wildman–Crippen MR) is 110 cm³/mol. The van der Waals surface area contributed by atoms with Gasteiger partial charge in [-0.05, 0) is 29.8 Å². The molecule has 0 aromatic heterocycles. The van der Waals surface area contributed by atoms with E-state index < -0.39 is 0 Å². The van der Waals surface area contributed by atoms with E-state index in [0.717, 1.165) is 37.5 Å².